The molecule has 1 aliphatic heterocycles. The van der Waals surface area contributed by atoms with Crippen molar-refractivity contribution in [3.63, 3.8) is 0 Å². The molecule has 0 saturated carbocycles. The first-order valence-corrected chi connectivity index (χ1v) is 10.5. The van der Waals surface area contributed by atoms with Crippen LogP contribution in [0.1, 0.15) is 39.3 Å². The van der Waals surface area contributed by atoms with Gasteiger partial charge in [-0.3, -0.25) is 9.59 Å². The second-order valence-electron chi connectivity index (χ2n) is 7.38. The number of rotatable bonds is 4. The molecule has 3 N–H and O–H groups in total. The number of fused-ring (bicyclic) bond motifs is 1. The van der Waals surface area contributed by atoms with E-state index in [1.54, 1.807) is 17.0 Å². The summed E-state index contributed by atoms with van der Waals surface area (Å²) in [5.74, 6) is -4.15. The number of benzene rings is 1. The topological polar surface area (TPSA) is 88.3 Å². The van der Waals surface area contributed by atoms with Crippen LogP contribution in [0, 0.1) is 5.82 Å². The first kappa shape index (κ1) is 21.1. The lowest BCUT2D eigenvalue weighted by Crippen LogP contribution is -2.29. The Balaban J connectivity index is 1.72. The number of carbonyl (C=O) groups excluding carboxylic acids is 2. The van der Waals surface area contributed by atoms with E-state index in [9.17, 15) is 22.8 Å². The number of hydrogen-bond donors (Lipinski definition) is 2. The van der Waals surface area contributed by atoms with E-state index in [1.165, 1.54) is 24.3 Å². The Labute approximate surface area is 179 Å². The number of pyridine rings is 1. The molecular weight excluding hydrogens is 429 g/mol. The van der Waals surface area contributed by atoms with E-state index < -0.39 is 23.6 Å². The molecule has 4 rings (SSSR count). The van der Waals surface area contributed by atoms with Crippen LogP contribution < -0.4 is 16.0 Å². The van der Waals surface area contributed by atoms with Gasteiger partial charge in [-0.05, 0) is 36.8 Å². The van der Waals surface area contributed by atoms with Crippen molar-refractivity contribution in [3.8, 4) is 0 Å². The summed E-state index contributed by atoms with van der Waals surface area (Å²) in [6.07, 6.45) is -0.355. The van der Waals surface area contributed by atoms with Gasteiger partial charge >= 0.3 is 0 Å². The highest BCUT2D eigenvalue weighted by Crippen LogP contribution is 2.32. The fourth-order valence-corrected chi connectivity index (χ4v) is 4.28. The Bertz CT molecular complexity index is 1160. The number of carbonyl (C=O) groups is 2. The fraction of sp³-hybridized carbons (Fsp3) is 0.286. The molecule has 162 valence electrons. The van der Waals surface area contributed by atoms with E-state index in [-0.39, 0.29) is 42.1 Å². The third kappa shape index (κ3) is 4.63. The summed E-state index contributed by atoms with van der Waals surface area (Å²) < 4.78 is 41.4. The first-order valence-electron chi connectivity index (χ1n) is 9.66. The summed E-state index contributed by atoms with van der Waals surface area (Å²) in [4.78, 5) is 30.8. The number of nitrogens with zero attached hydrogens (tertiary/aromatic N) is 2. The number of anilines is 2. The number of nitrogens with two attached hydrogens (primary N) is 1. The Morgan fingerprint density at radius 3 is 2.68 bits per heavy atom. The van der Waals surface area contributed by atoms with Crippen molar-refractivity contribution >= 4 is 44.9 Å². The summed E-state index contributed by atoms with van der Waals surface area (Å²) in [5.41, 5.74) is 5.76. The highest BCUT2D eigenvalue weighted by molar-refractivity contribution is 7.18. The maximum absolute atomic E-state index is 13.9. The molecule has 0 atom stereocenters. The molecule has 2 aromatic heterocycles. The van der Waals surface area contributed by atoms with Crippen LogP contribution >= 0.6 is 11.3 Å². The van der Waals surface area contributed by atoms with Crippen molar-refractivity contribution in [2.24, 2.45) is 5.73 Å². The van der Waals surface area contributed by atoms with Crippen LogP contribution in [0.15, 0.2) is 36.4 Å². The van der Waals surface area contributed by atoms with Crippen LogP contribution in [-0.4, -0.2) is 35.8 Å². The summed E-state index contributed by atoms with van der Waals surface area (Å²) in [5, 5.41) is 3.65. The number of halogens is 3. The van der Waals surface area contributed by atoms with Crippen LogP contribution in [0.5, 0.6) is 0 Å². The minimum atomic E-state index is -2.78. The SMILES string of the molecule is NC(=O)c1ccc(NC(=O)c2cc3ccc(F)cc3nc2N2CCCC(F)(F)CC2)s1. The summed E-state index contributed by atoms with van der Waals surface area (Å²) in [6.45, 7) is 0.320. The predicted octanol–water partition coefficient (Wildman–Crippen LogP) is 4.41. The third-order valence-electron chi connectivity index (χ3n) is 5.11. The van der Waals surface area contributed by atoms with Gasteiger partial charge in [0, 0.05) is 37.4 Å². The molecule has 2 amide bonds. The zero-order chi connectivity index (χ0) is 22.2. The molecule has 6 nitrogen and oxygen atoms in total. The number of amides is 2. The Kier molecular flexibility index (Phi) is 5.57. The zero-order valence-corrected chi connectivity index (χ0v) is 17.1. The quantitative estimate of drug-likeness (QED) is 0.619. The van der Waals surface area contributed by atoms with Gasteiger partial charge in [-0.2, -0.15) is 0 Å². The van der Waals surface area contributed by atoms with Crippen molar-refractivity contribution in [1.29, 1.82) is 0 Å². The van der Waals surface area contributed by atoms with Crippen LogP contribution in [0.25, 0.3) is 10.9 Å². The molecule has 1 aliphatic rings. The van der Waals surface area contributed by atoms with Gasteiger partial charge in [0.05, 0.1) is 21.0 Å². The zero-order valence-electron chi connectivity index (χ0n) is 16.3. The number of hydrogen-bond acceptors (Lipinski definition) is 5. The van der Waals surface area contributed by atoms with Crippen molar-refractivity contribution in [1.82, 2.24) is 4.98 Å². The third-order valence-corrected chi connectivity index (χ3v) is 6.12. The molecule has 0 aliphatic carbocycles. The molecule has 3 aromatic rings. The number of thiophene rings is 1. The molecule has 10 heteroatoms. The molecule has 1 saturated heterocycles. The Hall–Kier alpha value is -3.14. The van der Waals surface area contributed by atoms with Crippen LogP contribution in [0.4, 0.5) is 24.0 Å². The normalized spacial score (nSPS) is 16.2. The minimum absolute atomic E-state index is 0.0198. The molecule has 1 aromatic carbocycles. The van der Waals surface area contributed by atoms with Gasteiger partial charge in [-0.25, -0.2) is 18.2 Å². The lowest BCUT2D eigenvalue weighted by molar-refractivity contribution is -0.0102. The Morgan fingerprint density at radius 1 is 1.13 bits per heavy atom. The van der Waals surface area contributed by atoms with Gasteiger partial charge in [-0.15, -0.1) is 11.3 Å². The van der Waals surface area contributed by atoms with Crippen LogP contribution in [0.2, 0.25) is 0 Å². The van der Waals surface area contributed by atoms with Gasteiger partial charge in [0.2, 0.25) is 5.92 Å². The van der Waals surface area contributed by atoms with Crippen molar-refractivity contribution in [3.05, 3.63) is 52.7 Å². The summed E-state index contributed by atoms with van der Waals surface area (Å²) >= 11 is 1.02. The first-order chi connectivity index (χ1) is 14.7. The van der Waals surface area contributed by atoms with Crippen LogP contribution in [-0.2, 0) is 0 Å². The van der Waals surface area contributed by atoms with E-state index >= 15 is 0 Å². The maximum atomic E-state index is 13.9. The van der Waals surface area contributed by atoms with E-state index in [0.29, 0.717) is 22.4 Å². The van der Waals surface area contributed by atoms with Crippen LogP contribution in [0.3, 0.4) is 0 Å². The van der Waals surface area contributed by atoms with Gasteiger partial charge in [0.15, 0.2) is 0 Å². The molecule has 3 heterocycles. The highest BCUT2D eigenvalue weighted by atomic mass is 32.1. The number of aromatic nitrogens is 1. The molecule has 0 spiro atoms. The molecule has 31 heavy (non-hydrogen) atoms. The second kappa shape index (κ2) is 8.18. The number of primary amides is 1. The second-order valence-corrected chi connectivity index (χ2v) is 8.46. The smallest absolute Gasteiger partial charge is 0.260 e. The molecular formula is C21H19F3N4O2S. The van der Waals surface area contributed by atoms with Crippen molar-refractivity contribution in [2.75, 3.05) is 23.3 Å². The van der Waals surface area contributed by atoms with Gasteiger partial charge < -0.3 is 16.0 Å². The van der Waals surface area contributed by atoms with E-state index in [4.69, 9.17) is 5.73 Å². The predicted molar refractivity (Wildman–Crippen MR) is 114 cm³/mol. The maximum Gasteiger partial charge on any atom is 0.260 e. The fourth-order valence-electron chi connectivity index (χ4n) is 3.53. The minimum Gasteiger partial charge on any atom is -0.365 e. The number of nitrogens with one attached hydrogen (secondary N) is 1. The molecule has 0 radical (unpaired) electrons. The average molecular weight is 448 g/mol. The lowest BCUT2D eigenvalue weighted by atomic mass is 10.1. The largest absolute Gasteiger partial charge is 0.365 e. The average Bonchev–Trinajstić information content (AvgIpc) is 3.10. The van der Waals surface area contributed by atoms with Gasteiger partial charge in [-0.1, -0.05) is 0 Å². The summed E-state index contributed by atoms with van der Waals surface area (Å²) in [7, 11) is 0. The van der Waals surface area contributed by atoms with Crippen molar-refractivity contribution < 1.29 is 22.8 Å². The van der Waals surface area contributed by atoms with Crippen molar-refractivity contribution in [2.45, 2.75) is 25.2 Å². The molecule has 0 bridgehead atoms. The summed E-state index contributed by atoms with van der Waals surface area (Å²) in [6, 6.07) is 8.63. The highest BCUT2D eigenvalue weighted by Gasteiger charge is 2.33. The van der Waals surface area contributed by atoms with E-state index in [1.807, 2.05) is 0 Å². The van der Waals surface area contributed by atoms with Gasteiger partial charge in [0.25, 0.3) is 11.8 Å². The molecule has 1 fully saturated rings. The van der Waals surface area contributed by atoms with E-state index in [2.05, 4.69) is 10.3 Å². The lowest BCUT2D eigenvalue weighted by Gasteiger charge is -2.24. The van der Waals surface area contributed by atoms with E-state index in [0.717, 1.165) is 11.3 Å². The monoisotopic (exact) mass is 448 g/mol. The molecule has 0 unspecified atom stereocenters. The van der Waals surface area contributed by atoms with Gasteiger partial charge in [0.1, 0.15) is 11.6 Å². The Morgan fingerprint density at radius 2 is 1.94 bits per heavy atom. The number of alkyl halides is 2. The standard InChI is InChI=1S/C21H19F3N4O2S/c22-13-3-2-12-10-14(20(30)27-17-5-4-16(31-17)18(25)29)19(26-15(12)11-13)28-8-1-6-21(23,24)7-9-28/h2-5,10-11H,1,6-9H2,(H2,25,29)(H,27,30).